The lowest BCUT2D eigenvalue weighted by molar-refractivity contribution is -0.141. The molecule has 0 aliphatic carbocycles. The quantitative estimate of drug-likeness (QED) is 0.306. The van der Waals surface area contributed by atoms with Crippen molar-refractivity contribution in [2.24, 2.45) is 5.73 Å². The highest BCUT2D eigenvalue weighted by atomic mass is 16.6. The van der Waals surface area contributed by atoms with E-state index >= 15 is 0 Å². The minimum Gasteiger partial charge on any atom is -0.440 e. The van der Waals surface area contributed by atoms with Gasteiger partial charge in [0.2, 0.25) is 0 Å². The summed E-state index contributed by atoms with van der Waals surface area (Å²) >= 11 is 0. The average molecular weight is 183 g/mol. The number of carbonyl (C=O) groups is 1. The van der Waals surface area contributed by atoms with E-state index in [2.05, 4.69) is 6.58 Å². The van der Waals surface area contributed by atoms with Crippen LogP contribution in [0, 0.1) is 0 Å². The number of unbranched alkanes of at least 4 members (excludes halogenated alkanes) is 1. The van der Waals surface area contributed by atoms with Crippen LogP contribution in [-0.2, 0) is 9.53 Å². The van der Waals surface area contributed by atoms with Gasteiger partial charge in [0.15, 0.2) is 6.23 Å². The zero-order valence-corrected chi connectivity index (χ0v) is 8.25. The first-order valence-electron chi connectivity index (χ1n) is 4.37. The summed E-state index contributed by atoms with van der Waals surface area (Å²) in [5.41, 5.74) is 5.95. The molecule has 0 saturated carbocycles. The normalized spacial score (nSPS) is 13.6. The molecule has 2 N–H and O–H groups in total. The van der Waals surface area contributed by atoms with Crippen LogP contribution in [0.3, 0.4) is 0 Å². The van der Waals surface area contributed by atoms with Gasteiger partial charge >= 0.3 is 5.97 Å². The highest BCUT2D eigenvalue weighted by Gasteiger charge is 2.07. The minimum atomic E-state index is -0.711. The van der Waals surface area contributed by atoms with E-state index in [1.165, 1.54) is 6.08 Å². The number of hydrogen-bond acceptors (Lipinski definition) is 3. The Hall–Kier alpha value is -1.09. The van der Waals surface area contributed by atoms with E-state index in [0.29, 0.717) is 5.57 Å². The number of ether oxygens (including phenoxy) is 1. The highest BCUT2D eigenvalue weighted by molar-refractivity contribution is 5.87. The number of rotatable bonds is 5. The summed E-state index contributed by atoms with van der Waals surface area (Å²) < 4.78 is 4.81. The smallest absolute Gasteiger partial charge is 0.335 e. The van der Waals surface area contributed by atoms with Gasteiger partial charge in [0.25, 0.3) is 0 Å². The molecule has 1 unspecified atom stereocenters. The molecular weight excluding hydrogens is 166 g/mol. The van der Waals surface area contributed by atoms with Gasteiger partial charge in [0, 0.05) is 5.57 Å². The van der Waals surface area contributed by atoms with Gasteiger partial charge in [-0.3, -0.25) is 5.73 Å². The molecule has 0 amide bonds. The maximum absolute atomic E-state index is 11.2. The van der Waals surface area contributed by atoms with Gasteiger partial charge in [-0.15, -0.1) is 0 Å². The fourth-order valence-corrected chi connectivity index (χ4v) is 0.709. The third-order valence-electron chi connectivity index (χ3n) is 1.54. The van der Waals surface area contributed by atoms with Gasteiger partial charge in [-0.25, -0.2) is 4.79 Å². The molecule has 0 aliphatic rings. The molecule has 74 valence electrons. The van der Waals surface area contributed by atoms with Gasteiger partial charge in [0.1, 0.15) is 0 Å². The lowest BCUT2D eigenvalue weighted by Gasteiger charge is -2.08. The zero-order valence-electron chi connectivity index (χ0n) is 8.25. The maximum atomic E-state index is 11.2. The molecule has 1 atom stereocenters. The van der Waals surface area contributed by atoms with Crippen LogP contribution in [0.4, 0.5) is 0 Å². The van der Waals surface area contributed by atoms with Crippen LogP contribution >= 0.6 is 0 Å². The Morgan fingerprint density at radius 2 is 2.31 bits per heavy atom. The molecule has 0 bridgehead atoms. The van der Waals surface area contributed by atoms with Crippen LogP contribution in [0.1, 0.15) is 26.7 Å². The zero-order chi connectivity index (χ0) is 10.3. The first kappa shape index (κ1) is 11.9. The van der Waals surface area contributed by atoms with E-state index in [9.17, 15) is 4.79 Å². The van der Waals surface area contributed by atoms with Crippen molar-refractivity contribution in [1.82, 2.24) is 0 Å². The molecular formula is C10H17NO2. The van der Waals surface area contributed by atoms with Crippen molar-refractivity contribution in [2.75, 3.05) is 0 Å². The third kappa shape index (κ3) is 5.20. The van der Waals surface area contributed by atoms with Crippen molar-refractivity contribution >= 4 is 5.97 Å². The van der Waals surface area contributed by atoms with Crippen molar-refractivity contribution in [1.29, 1.82) is 0 Å². The van der Waals surface area contributed by atoms with Gasteiger partial charge in [0.05, 0.1) is 0 Å². The van der Waals surface area contributed by atoms with Crippen molar-refractivity contribution < 1.29 is 9.53 Å². The molecule has 0 heterocycles. The molecule has 0 aromatic rings. The van der Waals surface area contributed by atoms with Crippen LogP contribution in [0.15, 0.2) is 24.3 Å². The van der Waals surface area contributed by atoms with Gasteiger partial charge in [-0.2, -0.15) is 0 Å². The second kappa shape index (κ2) is 6.43. The summed E-state index contributed by atoms with van der Waals surface area (Å²) in [6, 6.07) is 0. The fourth-order valence-electron chi connectivity index (χ4n) is 0.709. The lowest BCUT2D eigenvalue weighted by atomic mass is 10.2. The molecule has 0 rings (SSSR count). The monoisotopic (exact) mass is 183 g/mol. The van der Waals surface area contributed by atoms with Crippen molar-refractivity contribution in [3.8, 4) is 0 Å². The van der Waals surface area contributed by atoms with E-state index in [1.54, 1.807) is 6.92 Å². The summed E-state index contributed by atoms with van der Waals surface area (Å²) in [5, 5.41) is 0. The van der Waals surface area contributed by atoms with Gasteiger partial charge in [-0.1, -0.05) is 26.0 Å². The molecule has 3 nitrogen and oxygen atoms in total. The topological polar surface area (TPSA) is 52.3 Å². The number of carbonyl (C=O) groups excluding carboxylic acids is 1. The number of allylic oxidation sites excluding steroid dienone is 1. The molecule has 3 heteroatoms. The Kier molecular flexibility index (Phi) is 5.89. The summed E-state index contributed by atoms with van der Waals surface area (Å²) in [5.74, 6) is -0.374. The molecule has 0 aliphatic heterocycles. The molecule has 0 radical (unpaired) electrons. The lowest BCUT2D eigenvalue weighted by Crippen LogP contribution is -2.24. The Bertz CT molecular complexity index is 209. The number of hydrogen-bond donors (Lipinski definition) is 1. The second-order valence-corrected chi connectivity index (χ2v) is 2.78. The van der Waals surface area contributed by atoms with Crippen LogP contribution in [0.5, 0.6) is 0 Å². The SMILES string of the molecule is C=CC(N)OC(=O)C(C)=CCCC. The third-order valence-corrected chi connectivity index (χ3v) is 1.54. The first-order valence-corrected chi connectivity index (χ1v) is 4.37. The van der Waals surface area contributed by atoms with E-state index in [1.807, 2.05) is 13.0 Å². The van der Waals surface area contributed by atoms with Gasteiger partial charge < -0.3 is 4.74 Å². The summed E-state index contributed by atoms with van der Waals surface area (Å²) in [6.45, 7) is 7.18. The van der Waals surface area contributed by atoms with Crippen LogP contribution in [0.2, 0.25) is 0 Å². The Balaban J connectivity index is 4.02. The van der Waals surface area contributed by atoms with Crippen molar-refractivity contribution in [2.45, 2.75) is 32.9 Å². The predicted octanol–water partition coefficient (Wildman–Crippen LogP) is 1.75. The number of esters is 1. The standard InChI is InChI=1S/C10H17NO2/c1-4-6-7-8(3)10(12)13-9(11)5-2/h5,7,9H,2,4,6,11H2,1,3H3. The number of nitrogens with two attached hydrogens (primary N) is 1. The summed E-state index contributed by atoms with van der Waals surface area (Å²) in [7, 11) is 0. The largest absolute Gasteiger partial charge is 0.440 e. The minimum absolute atomic E-state index is 0.374. The molecule has 13 heavy (non-hydrogen) atoms. The summed E-state index contributed by atoms with van der Waals surface area (Å²) in [4.78, 5) is 11.2. The van der Waals surface area contributed by atoms with E-state index in [0.717, 1.165) is 12.8 Å². The Morgan fingerprint density at radius 1 is 1.69 bits per heavy atom. The average Bonchev–Trinajstić information content (AvgIpc) is 2.13. The van der Waals surface area contributed by atoms with Crippen LogP contribution in [0.25, 0.3) is 0 Å². The highest BCUT2D eigenvalue weighted by Crippen LogP contribution is 2.01. The van der Waals surface area contributed by atoms with E-state index in [-0.39, 0.29) is 5.97 Å². The van der Waals surface area contributed by atoms with Crippen LogP contribution in [-0.4, -0.2) is 12.2 Å². The summed E-state index contributed by atoms with van der Waals surface area (Å²) in [6.07, 6.45) is 4.41. The Morgan fingerprint density at radius 3 is 2.77 bits per heavy atom. The molecule has 0 aromatic heterocycles. The van der Waals surface area contributed by atoms with E-state index < -0.39 is 6.23 Å². The molecule has 0 spiro atoms. The van der Waals surface area contributed by atoms with Crippen molar-refractivity contribution in [3.63, 3.8) is 0 Å². The molecule has 0 aromatic carbocycles. The van der Waals surface area contributed by atoms with Crippen LogP contribution < -0.4 is 5.73 Å². The van der Waals surface area contributed by atoms with Gasteiger partial charge in [-0.05, 0) is 19.4 Å². The predicted molar refractivity (Wildman–Crippen MR) is 52.9 cm³/mol. The fraction of sp³-hybridized carbons (Fsp3) is 0.500. The molecule has 0 fully saturated rings. The van der Waals surface area contributed by atoms with E-state index in [4.69, 9.17) is 10.5 Å². The second-order valence-electron chi connectivity index (χ2n) is 2.78. The first-order chi connectivity index (χ1) is 6.11. The Labute approximate surface area is 79.3 Å². The van der Waals surface area contributed by atoms with Crippen molar-refractivity contribution in [3.05, 3.63) is 24.3 Å². The maximum Gasteiger partial charge on any atom is 0.335 e. The molecule has 0 saturated heterocycles.